The van der Waals surface area contributed by atoms with Crippen molar-refractivity contribution in [2.45, 2.75) is 130 Å². The van der Waals surface area contributed by atoms with Crippen LogP contribution in [-0.4, -0.2) is 140 Å². The van der Waals surface area contributed by atoms with Crippen molar-refractivity contribution in [1.29, 1.82) is 0 Å². The first-order valence-corrected chi connectivity index (χ1v) is 26.0. The molecule has 1 aromatic carbocycles. The number of anilines is 1. The number of aliphatic carboxylic acids is 1. The number of esters is 1. The second-order valence-electron chi connectivity index (χ2n) is 18.4. The topological polar surface area (TPSA) is 301 Å². The van der Waals surface area contributed by atoms with Crippen LogP contribution in [0.2, 0.25) is 0 Å². The lowest BCUT2D eigenvalue weighted by Gasteiger charge is -2.38. The van der Waals surface area contributed by atoms with Crippen LogP contribution < -0.4 is 20.7 Å². The van der Waals surface area contributed by atoms with E-state index in [-0.39, 0.29) is 90.5 Å². The molecule has 1 aromatic heterocycles. The maximum atomic E-state index is 14.3. The van der Waals surface area contributed by atoms with Gasteiger partial charge in [0.2, 0.25) is 17.7 Å². The molecule has 1 fully saturated rings. The molecule has 0 saturated carbocycles. The summed E-state index contributed by atoms with van der Waals surface area (Å²) in [5.74, 6) is -5.82. The minimum Gasteiger partial charge on any atom is -0.481 e. The van der Waals surface area contributed by atoms with Gasteiger partial charge in [-0.2, -0.15) is 0 Å². The molecule has 1 saturated heterocycles. The summed E-state index contributed by atoms with van der Waals surface area (Å²) >= 11 is 1.06. The average molecular weight is 1030 g/mol. The van der Waals surface area contributed by atoms with Gasteiger partial charge in [0.05, 0.1) is 17.6 Å². The van der Waals surface area contributed by atoms with Crippen LogP contribution in [0.4, 0.5) is 5.69 Å². The van der Waals surface area contributed by atoms with Gasteiger partial charge < -0.3 is 45.2 Å². The number of hydrogen-bond donors (Lipinski definition) is 6. The van der Waals surface area contributed by atoms with E-state index < -0.39 is 80.3 Å². The molecule has 4 rings (SSSR count). The molecule has 22 nitrogen and oxygen atoms in total. The predicted octanol–water partition coefficient (Wildman–Crippen LogP) is 4.18. The van der Waals surface area contributed by atoms with E-state index in [1.807, 2.05) is 39.6 Å². The van der Waals surface area contributed by atoms with Gasteiger partial charge in [0.25, 0.3) is 17.7 Å². The maximum Gasteiger partial charge on any atom is 0.472 e. The second-order valence-corrected chi connectivity index (χ2v) is 20.5. The lowest BCUT2D eigenvalue weighted by Crippen LogP contribution is -2.58. The van der Waals surface area contributed by atoms with E-state index in [0.717, 1.165) is 47.8 Å². The van der Waals surface area contributed by atoms with E-state index in [4.69, 9.17) is 19.3 Å². The quantitative estimate of drug-likeness (QED) is 0.0317. The molecule has 3 unspecified atom stereocenters. The number of piperidine rings is 1. The van der Waals surface area contributed by atoms with Crippen molar-refractivity contribution in [3.8, 4) is 5.75 Å². The molecule has 2 aliphatic rings. The number of carboxylic acid groups (broad SMARTS) is 1. The number of benzene rings is 1. The fraction of sp³-hybridized carbons (Fsp3) is 0.596. The van der Waals surface area contributed by atoms with E-state index in [0.29, 0.717) is 18.4 Å². The van der Waals surface area contributed by atoms with Gasteiger partial charge in [0.1, 0.15) is 22.5 Å². The number of rotatable bonds is 27. The Morgan fingerprint density at radius 3 is 2.31 bits per heavy atom. The molecule has 71 heavy (non-hydrogen) atoms. The Bertz CT molecular complexity index is 2300. The second kappa shape index (κ2) is 26.7. The molecule has 0 bridgehead atoms. The van der Waals surface area contributed by atoms with Crippen molar-refractivity contribution in [3.63, 3.8) is 0 Å². The summed E-state index contributed by atoms with van der Waals surface area (Å²) in [7, 11) is -1.37. The molecule has 6 N–H and O–H groups in total. The van der Waals surface area contributed by atoms with Crippen LogP contribution in [0.3, 0.4) is 0 Å². The van der Waals surface area contributed by atoms with Crippen molar-refractivity contribution in [1.82, 2.24) is 30.3 Å². The number of carbonyl (C=O) groups is 8. The Labute approximate surface area is 417 Å². The van der Waals surface area contributed by atoms with E-state index >= 15 is 0 Å². The Hall–Kier alpha value is -5.58. The maximum absolute atomic E-state index is 14.3. The number of hydrogen-bond acceptors (Lipinski definition) is 15. The smallest absolute Gasteiger partial charge is 0.472 e. The van der Waals surface area contributed by atoms with Gasteiger partial charge in [0.15, 0.2) is 12.9 Å². The highest BCUT2D eigenvalue weighted by molar-refractivity contribution is 7.46. The number of thiazole rings is 1. The van der Waals surface area contributed by atoms with Crippen LogP contribution in [0, 0.1) is 17.8 Å². The molecule has 7 atom stereocenters. The van der Waals surface area contributed by atoms with E-state index in [9.17, 15) is 48.0 Å². The zero-order valence-corrected chi connectivity index (χ0v) is 43.2. The van der Waals surface area contributed by atoms with Gasteiger partial charge in [0, 0.05) is 63.0 Å². The summed E-state index contributed by atoms with van der Waals surface area (Å²) in [5, 5.41) is 20.2. The zero-order valence-electron chi connectivity index (χ0n) is 41.5. The third kappa shape index (κ3) is 17.6. The first-order valence-electron chi connectivity index (χ1n) is 23.6. The van der Waals surface area contributed by atoms with Crippen LogP contribution in [0.25, 0.3) is 0 Å². The summed E-state index contributed by atoms with van der Waals surface area (Å²) in [6.07, 6.45) is 4.52. The summed E-state index contributed by atoms with van der Waals surface area (Å²) in [4.78, 5) is 131. The van der Waals surface area contributed by atoms with E-state index in [2.05, 4.69) is 25.5 Å². The predicted molar refractivity (Wildman–Crippen MR) is 259 cm³/mol. The van der Waals surface area contributed by atoms with Gasteiger partial charge >= 0.3 is 19.8 Å². The van der Waals surface area contributed by atoms with Gasteiger partial charge in [-0.1, -0.05) is 53.5 Å². The zero-order chi connectivity index (χ0) is 52.7. The molecule has 2 aromatic rings. The van der Waals surface area contributed by atoms with Crippen LogP contribution in [0.1, 0.15) is 120 Å². The van der Waals surface area contributed by atoms with Crippen LogP contribution in [0.15, 0.2) is 35.7 Å². The number of carboxylic acids is 1. The minimum atomic E-state index is -4.93. The Balaban J connectivity index is 1.54. The number of phosphoric acid groups is 1. The van der Waals surface area contributed by atoms with Crippen molar-refractivity contribution >= 4 is 72.2 Å². The number of nitrogens with one attached hydrogen (secondary N) is 3. The average Bonchev–Trinajstić information content (AvgIpc) is 3.92. The SMILES string of the molecule is CC[C@H](C)C(NC(=O)C1CCCCN1C)C(=O)N(C)[C@H](C[C@@H](OC(C)=O)c1nc(C(=O)N[C@@H](Cc2ccc(OCOP(=O)(O)O)c(NC(=O)CCCN3C(=O)C=CC3=O)c2)CC(C)C(=O)O)cs1)C(C)C. The molecule has 0 spiro atoms. The lowest BCUT2D eigenvalue weighted by molar-refractivity contribution is -0.149. The first-order chi connectivity index (χ1) is 33.4. The van der Waals surface area contributed by atoms with Crippen LogP contribution in [0.5, 0.6) is 5.75 Å². The molecule has 0 aliphatic carbocycles. The highest BCUT2D eigenvalue weighted by atomic mass is 32.1. The van der Waals surface area contributed by atoms with Crippen molar-refractivity contribution in [2.24, 2.45) is 17.8 Å². The largest absolute Gasteiger partial charge is 0.481 e. The van der Waals surface area contributed by atoms with Gasteiger partial charge in [-0.15, -0.1) is 11.3 Å². The highest BCUT2D eigenvalue weighted by Crippen LogP contribution is 2.37. The molecule has 6 amide bonds. The van der Waals surface area contributed by atoms with Crippen LogP contribution >= 0.6 is 19.2 Å². The fourth-order valence-electron chi connectivity index (χ4n) is 8.37. The minimum absolute atomic E-state index is 0.0105. The first kappa shape index (κ1) is 58.0. The molecule has 0 radical (unpaired) electrons. The molecule has 24 heteroatoms. The molecular formula is C47H68N7O15PS. The number of amides is 6. The summed E-state index contributed by atoms with van der Waals surface area (Å²) in [5.41, 5.74) is 0.450. The van der Waals surface area contributed by atoms with Gasteiger partial charge in [-0.25, -0.2) is 14.1 Å². The lowest BCUT2D eigenvalue weighted by atomic mass is 9.92. The Kier molecular flexibility index (Phi) is 21.8. The normalized spacial score (nSPS) is 17.7. The third-order valence-electron chi connectivity index (χ3n) is 12.6. The van der Waals surface area contributed by atoms with Crippen molar-refractivity contribution in [3.05, 3.63) is 52.0 Å². The summed E-state index contributed by atoms with van der Waals surface area (Å²) < 4.78 is 26.9. The number of phosphoric ester groups is 1. The number of likely N-dealkylation sites (tertiary alicyclic amines) is 1. The number of likely N-dealkylation sites (N-methyl/N-ethyl adjacent to an activating group) is 2. The standard InChI is InChI=1S/C47H68N7O15PS/c1-9-28(4)42(51-44(60)35-13-10-11-19-52(35)7)46(61)53(8)36(27(2)3)24-38(69-30(6)55)45-50-34(25-71-45)43(59)48-32(21-29(5)47(62)63)22-31-15-16-37(67-26-68-70(64,65)66)33(23-31)49-39(56)14-12-20-54-40(57)17-18-41(54)58/h15-18,23,25,27-29,32,35-36,38,42H,9-14,19-22,24,26H2,1-8H3,(H,48,59)(H,49,56)(H,51,60)(H,62,63)(H2,64,65,66)/t28-,29?,32+,35?,36+,38+,42?/m0/s1. The summed E-state index contributed by atoms with van der Waals surface area (Å²) in [6.45, 7) is 10.3. The van der Waals surface area contributed by atoms with E-state index in [1.54, 1.807) is 11.9 Å². The molecule has 3 heterocycles. The number of ether oxygens (including phenoxy) is 2. The Morgan fingerprint density at radius 2 is 1.70 bits per heavy atom. The third-order valence-corrected chi connectivity index (χ3v) is 14.0. The highest BCUT2D eigenvalue weighted by Gasteiger charge is 2.38. The molecular weight excluding hydrogens is 966 g/mol. The van der Waals surface area contributed by atoms with Gasteiger partial charge in [-0.3, -0.25) is 48.2 Å². The number of nitrogens with zero attached hydrogens (tertiary/aromatic N) is 4. The van der Waals surface area contributed by atoms with Crippen LogP contribution in [-0.2, 0) is 53.8 Å². The monoisotopic (exact) mass is 1030 g/mol. The number of aromatic nitrogens is 1. The fourth-order valence-corrected chi connectivity index (χ4v) is 9.40. The van der Waals surface area contributed by atoms with Crippen molar-refractivity contribution < 1.29 is 71.8 Å². The summed E-state index contributed by atoms with van der Waals surface area (Å²) in [6, 6.07) is 1.89. The molecule has 392 valence electrons. The molecule has 2 aliphatic heterocycles. The van der Waals surface area contributed by atoms with Gasteiger partial charge in [-0.05, 0) is 75.2 Å². The van der Waals surface area contributed by atoms with E-state index in [1.165, 1.54) is 37.4 Å². The van der Waals surface area contributed by atoms with Crippen molar-refractivity contribution in [2.75, 3.05) is 39.3 Å². The number of imide groups is 1. The number of carbonyl (C=O) groups excluding carboxylic acids is 7. The Morgan fingerprint density at radius 1 is 1.01 bits per heavy atom.